The van der Waals surface area contributed by atoms with Crippen molar-refractivity contribution in [3.63, 3.8) is 0 Å². The van der Waals surface area contributed by atoms with Crippen LogP contribution in [0.15, 0.2) is 12.1 Å². The van der Waals surface area contributed by atoms with Gasteiger partial charge in [0.1, 0.15) is 0 Å². The van der Waals surface area contributed by atoms with E-state index in [0.29, 0.717) is 36.1 Å². The molecule has 1 aliphatic rings. The van der Waals surface area contributed by atoms with Crippen molar-refractivity contribution in [1.82, 2.24) is 20.4 Å². The number of nitrogens with zero attached hydrogens (tertiary/aromatic N) is 5. The van der Waals surface area contributed by atoms with E-state index in [9.17, 15) is 4.79 Å². The van der Waals surface area contributed by atoms with Gasteiger partial charge >= 0.3 is 0 Å². The molecule has 0 radical (unpaired) electrons. The minimum Gasteiger partial charge on any atom is -0.365 e. The summed E-state index contributed by atoms with van der Waals surface area (Å²) in [6.07, 6.45) is 2.78. The van der Waals surface area contributed by atoms with Gasteiger partial charge in [0.2, 0.25) is 0 Å². The third-order valence-corrected chi connectivity index (χ3v) is 4.23. The van der Waals surface area contributed by atoms with Gasteiger partial charge < -0.3 is 10.2 Å². The molecule has 3 rings (SSSR count). The number of amides is 1. The molecule has 132 valence electrons. The van der Waals surface area contributed by atoms with Gasteiger partial charge in [-0.25, -0.2) is 0 Å². The summed E-state index contributed by atoms with van der Waals surface area (Å²) in [6, 6.07) is 3.31. The molecule has 0 bridgehead atoms. The minimum atomic E-state index is -0.312. The van der Waals surface area contributed by atoms with Crippen molar-refractivity contribution in [1.29, 1.82) is 0 Å². The van der Waals surface area contributed by atoms with Crippen molar-refractivity contribution >= 4 is 52.2 Å². The van der Waals surface area contributed by atoms with Crippen LogP contribution in [0.2, 0.25) is 15.5 Å². The van der Waals surface area contributed by atoms with Crippen LogP contribution in [0.5, 0.6) is 0 Å². The van der Waals surface area contributed by atoms with E-state index in [-0.39, 0.29) is 21.4 Å². The van der Waals surface area contributed by atoms with Crippen LogP contribution in [0.1, 0.15) is 36.5 Å². The summed E-state index contributed by atoms with van der Waals surface area (Å²) >= 11 is 18.0. The summed E-state index contributed by atoms with van der Waals surface area (Å²) in [5, 5.41) is 18.9. The number of nitrogens with one attached hydrogen (secondary N) is 1. The first kappa shape index (κ1) is 18.1. The maximum absolute atomic E-state index is 13.2. The van der Waals surface area contributed by atoms with E-state index < -0.39 is 0 Å². The highest BCUT2D eigenvalue weighted by atomic mass is 35.5. The van der Waals surface area contributed by atoms with Gasteiger partial charge in [0.25, 0.3) is 5.91 Å². The topological polar surface area (TPSA) is 83.9 Å². The lowest BCUT2D eigenvalue weighted by Gasteiger charge is -2.23. The van der Waals surface area contributed by atoms with Gasteiger partial charge in [-0.05, 0) is 25.3 Å². The van der Waals surface area contributed by atoms with Crippen molar-refractivity contribution in [3.8, 4) is 0 Å². The Hall–Kier alpha value is -1.70. The molecule has 25 heavy (non-hydrogen) atoms. The Morgan fingerprint density at radius 1 is 1.16 bits per heavy atom. The van der Waals surface area contributed by atoms with E-state index in [1.54, 1.807) is 0 Å². The van der Waals surface area contributed by atoms with Gasteiger partial charge in [0, 0.05) is 18.7 Å². The molecule has 1 amide bonds. The first-order valence-corrected chi connectivity index (χ1v) is 8.93. The van der Waals surface area contributed by atoms with Gasteiger partial charge in [-0.1, -0.05) is 41.7 Å². The van der Waals surface area contributed by atoms with Crippen LogP contribution in [0.25, 0.3) is 0 Å². The second kappa shape index (κ2) is 7.68. The van der Waals surface area contributed by atoms with Crippen LogP contribution in [-0.4, -0.2) is 38.9 Å². The lowest BCUT2D eigenvalue weighted by molar-refractivity contribution is 0.0987. The molecular formula is C15H15Cl3N6O. The van der Waals surface area contributed by atoms with Crippen molar-refractivity contribution in [3.05, 3.63) is 33.2 Å². The summed E-state index contributed by atoms with van der Waals surface area (Å²) in [5.74, 6) is 0.0926. The molecule has 1 fully saturated rings. The first-order valence-electron chi connectivity index (χ1n) is 7.80. The number of hydrogen-bond donors (Lipinski definition) is 1. The summed E-state index contributed by atoms with van der Waals surface area (Å²) in [5.41, 5.74) is 0.711. The van der Waals surface area contributed by atoms with E-state index in [0.717, 1.165) is 12.8 Å². The highest BCUT2D eigenvalue weighted by Gasteiger charge is 2.28. The van der Waals surface area contributed by atoms with Gasteiger partial charge in [0.15, 0.2) is 21.3 Å². The molecule has 0 spiro atoms. The number of rotatable bonds is 6. The first-order chi connectivity index (χ1) is 12.0. The molecule has 1 N–H and O–H groups in total. The van der Waals surface area contributed by atoms with Gasteiger partial charge in [-0.3, -0.25) is 4.79 Å². The average molecular weight is 402 g/mol. The second-order valence-corrected chi connectivity index (χ2v) is 6.78. The average Bonchev–Trinajstić information content (AvgIpc) is 3.40. The van der Waals surface area contributed by atoms with E-state index in [1.807, 2.05) is 6.92 Å². The molecule has 0 aliphatic heterocycles. The van der Waals surface area contributed by atoms with Crippen LogP contribution < -0.4 is 10.2 Å². The number of carbonyl (C=O) groups is 1. The third kappa shape index (κ3) is 4.29. The fourth-order valence-electron chi connectivity index (χ4n) is 2.29. The largest absolute Gasteiger partial charge is 0.365 e. The highest BCUT2D eigenvalue weighted by molar-refractivity contribution is 6.34. The highest BCUT2D eigenvalue weighted by Crippen LogP contribution is 2.30. The molecule has 2 aromatic heterocycles. The fraction of sp³-hybridized carbons (Fsp3) is 0.400. The van der Waals surface area contributed by atoms with E-state index >= 15 is 0 Å². The van der Waals surface area contributed by atoms with Crippen molar-refractivity contribution in [2.45, 2.75) is 32.2 Å². The van der Waals surface area contributed by atoms with Crippen LogP contribution >= 0.6 is 34.8 Å². The number of halogens is 3. The monoisotopic (exact) mass is 400 g/mol. The lowest BCUT2D eigenvalue weighted by atomic mass is 10.2. The van der Waals surface area contributed by atoms with E-state index in [1.165, 1.54) is 17.0 Å². The van der Waals surface area contributed by atoms with Crippen molar-refractivity contribution in [2.24, 2.45) is 0 Å². The molecule has 1 saturated carbocycles. The summed E-state index contributed by atoms with van der Waals surface area (Å²) < 4.78 is 0. The Morgan fingerprint density at radius 3 is 2.52 bits per heavy atom. The quantitative estimate of drug-likeness (QED) is 0.791. The molecule has 7 nitrogen and oxygen atoms in total. The number of aromatic nitrogens is 4. The standard InChI is InChI=1S/C15H15Cl3N6O/c1-2-5-24(10-7-12(17)20-22-13(10)18)15(25)9-6-11(16)21-23-14(9)19-8-3-4-8/h6-8H,2-5H2,1H3,(H,19,23). The van der Waals surface area contributed by atoms with E-state index in [2.05, 4.69) is 25.7 Å². The van der Waals surface area contributed by atoms with E-state index in [4.69, 9.17) is 34.8 Å². The van der Waals surface area contributed by atoms with Crippen LogP contribution in [0, 0.1) is 0 Å². The van der Waals surface area contributed by atoms with Crippen LogP contribution in [-0.2, 0) is 0 Å². The maximum atomic E-state index is 13.2. The normalized spacial score (nSPS) is 13.6. The third-order valence-electron chi connectivity index (χ3n) is 3.60. The SMILES string of the molecule is CCCN(C(=O)c1cc(Cl)nnc1NC1CC1)c1cc(Cl)nnc1Cl. The molecule has 1 aliphatic carbocycles. The zero-order valence-electron chi connectivity index (χ0n) is 13.3. The number of carbonyl (C=O) groups excluding carboxylic acids is 1. The maximum Gasteiger partial charge on any atom is 0.262 e. The Labute approximate surface area is 159 Å². The zero-order chi connectivity index (χ0) is 18.0. The van der Waals surface area contributed by atoms with Gasteiger partial charge in [-0.15, -0.1) is 20.4 Å². The molecule has 2 heterocycles. The molecule has 0 unspecified atom stereocenters. The number of anilines is 2. The summed E-state index contributed by atoms with van der Waals surface area (Å²) in [6.45, 7) is 2.37. The Balaban J connectivity index is 2.00. The van der Waals surface area contributed by atoms with Crippen molar-refractivity contribution in [2.75, 3.05) is 16.8 Å². The summed E-state index contributed by atoms with van der Waals surface area (Å²) in [7, 11) is 0. The predicted octanol–water partition coefficient (Wildman–Crippen LogP) is 3.86. The molecule has 2 aromatic rings. The molecular weight excluding hydrogens is 387 g/mol. The van der Waals surface area contributed by atoms with Crippen LogP contribution in [0.3, 0.4) is 0 Å². The van der Waals surface area contributed by atoms with Gasteiger partial charge in [0.05, 0.1) is 11.3 Å². The molecule has 0 atom stereocenters. The Bertz CT molecular complexity index is 799. The smallest absolute Gasteiger partial charge is 0.262 e. The lowest BCUT2D eigenvalue weighted by Crippen LogP contribution is -2.33. The predicted molar refractivity (Wildman–Crippen MR) is 97.7 cm³/mol. The Kier molecular flexibility index (Phi) is 5.56. The van der Waals surface area contributed by atoms with Crippen LogP contribution in [0.4, 0.5) is 11.5 Å². The Morgan fingerprint density at radius 2 is 1.84 bits per heavy atom. The summed E-state index contributed by atoms with van der Waals surface area (Å²) in [4.78, 5) is 14.7. The fourth-order valence-corrected chi connectivity index (χ4v) is 2.77. The number of hydrogen-bond acceptors (Lipinski definition) is 6. The van der Waals surface area contributed by atoms with Gasteiger partial charge in [-0.2, -0.15) is 0 Å². The molecule has 0 saturated heterocycles. The minimum absolute atomic E-state index is 0.0935. The molecule has 10 heteroatoms. The molecule has 0 aromatic carbocycles. The second-order valence-electron chi connectivity index (χ2n) is 5.65. The zero-order valence-corrected chi connectivity index (χ0v) is 15.6. The van der Waals surface area contributed by atoms with Crippen molar-refractivity contribution < 1.29 is 4.79 Å².